The molecule has 2 rings (SSSR count). The summed E-state index contributed by atoms with van der Waals surface area (Å²) in [5, 5.41) is 12.5. The highest BCUT2D eigenvalue weighted by molar-refractivity contribution is 5.94. The van der Waals surface area contributed by atoms with E-state index in [1.807, 2.05) is 6.92 Å². The van der Waals surface area contributed by atoms with Crippen molar-refractivity contribution in [3.63, 3.8) is 0 Å². The zero-order valence-electron chi connectivity index (χ0n) is 11.6. The summed E-state index contributed by atoms with van der Waals surface area (Å²) in [7, 11) is 0. The quantitative estimate of drug-likeness (QED) is 0.742. The molecular formula is C13H18N6O. The lowest BCUT2D eigenvalue weighted by atomic mass is 10.2. The van der Waals surface area contributed by atoms with Crippen LogP contribution in [0, 0.1) is 0 Å². The van der Waals surface area contributed by atoms with Crippen molar-refractivity contribution in [2.75, 3.05) is 11.9 Å². The number of hydrogen-bond donors (Lipinski definition) is 3. The summed E-state index contributed by atoms with van der Waals surface area (Å²) in [6.07, 6.45) is 4.03. The molecule has 2 heterocycles. The molecule has 7 nitrogen and oxygen atoms in total. The fourth-order valence-electron chi connectivity index (χ4n) is 1.69. The fraction of sp³-hybridized carbons (Fsp3) is 0.385. The first-order chi connectivity index (χ1) is 9.70. The predicted octanol–water partition coefficient (Wildman–Crippen LogP) is 1.51. The summed E-state index contributed by atoms with van der Waals surface area (Å²) in [5.74, 6) is 1.15. The van der Waals surface area contributed by atoms with Gasteiger partial charge in [0.15, 0.2) is 0 Å². The molecule has 0 aliphatic heterocycles. The van der Waals surface area contributed by atoms with Crippen molar-refractivity contribution < 1.29 is 4.79 Å². The van der Waals surface area contributed by atoms with Gasteiger partial charge in [0.25, 0.3) is 5.91 Å². The Balaban J connectivity index is 2.01. The predicted molar refractivity (Wildman–Crippen MR) is 75.3 cm³/mol. The Labute approximate surface area is 117 Å². The van der Waals surface area contributed by atoms with Gasteiger partial charge in [-0.25, -0.2) is 9.97 Å². The highest BCUT2D eigenvalue weighted by atomic mass is 16.1. The van der Waals surface area contributed by atoms with Crippen molar-refractivity contribution >= 4 is 11.7 Å². The SMILES string of the molecule is CCCNc1cc(C(=O)NC(C)c2ncn[nH]2)ccn1. The van der Waals surface area contributed by atoms with Crippen molar-refractivity contribution in [1.29, 1.82) is 0 Å². The van der Waals surface area contributed by atoms with Gasteiger partial charge in [-0.2, -0.15) is 5.10 Å². The Morgan fingerprint density at radius 1 is 1.45 bits per heavy atom. The van der Waals surface area contributed by atoms with Crippen LogP contribution in [0.25, 0.3) is 0 Å². The van der Waals surface area contributed by atoms with Crippen molar-refractivity contribution in [2.24, 2.45) is 0 Å². The minimum Gasteiger partial charge on any atom is -0.370 e. The van der Waals surface area contributed by atoms with E-state index in [0.717, 1.165) is 13.0 Å². The first-order valence-electron chi connectivity index (χ1n) is 6.56. The topological polar surface area (TPSA) is 95.6 Å². The van der Waals surface area contributed by atoms with E-state index >= 15 is 0 Å². The van der Waals surface area contributed by atoms with Crippen LogP contribution in [0.5, 0.6) is 0 Å². The lowest BCUT2D eigenvalue weighted by Crippen LogP contribution is -2.27. The van der Waals surface area contributed by atoms with Gasteiger partial charge in [0, 0.05) is 18.3 Å². The number of aromatic nitrogens is 4. The number of rotatable bonds is 6. The van der Waals surface area contributed by atoms with Crippen LogP contribution in [0.3, 0.4) is 0 Å². The summed E-state index contributed by atoms with van der Waals surface area (Å²) in [5.41, 5.74) is 0.560. The van der Waals surface area contributed by atoms with Crippen molar-refractivity contribution in [3.05, 3.63) is 36.0 Å². The molecule has 0 saturated carbocycles. The molecular weight excluding hydrogens is 256 g/mol. The van der Waals surface area contributed by atoms with E-state index in [-0.39, 0.29) is 11.9 Å². The number of H-pyrrole nitrogens is 1. The largest absolute Gasteiger partial charge is 0.370 e. The summed E-state index contributed by atoms with van der Waals surface area (Å²) in [4.78, 5) is 20.3. The maximum Gasteiger partial charge on any atom is 0.252 e. The van der Waals surface area contributed by atoms with Crippen molar-refractivity contribution in [1.82, 2.24) is 25.5 Å². The molecule has 2 aromatic rings. The highest BCUT2D eigenvalue weighted by Gasteiger charge is 2.13. The molecule has 106 valence electrons. The summed E-state index contributed by atoms with van der Waals surface area (Å²) < 4.78 is 0. The highest BCUT2D eigenvalue weighted by Crippen LogP contribution is 2.10. The Morgan fingerprint density at radius 3 is 3.00 bits per heavy atom. The van der Waals surface area contributed by atoms with Crippen molar-refractivity contribution in [2.45, 2.75) is 26.3 Å². The molecule has 7 heteroatoms. The number of carbonyl (C=O) groups is 1. The van der Waals surface area contributed by atoms with Crippen molar-refractivity contribution in [3.8, 4) is 0 Å². The smallest absolute Gasteiger partial charge is 0.252 e. The van der Waals surface area contributed by atoms with Crippen LogP contribution in [0.15, 0.2) is 24.7 Å². The van der Waals surface area contributed by atoms with Crippen LogP contribution in [0.1, 0.15) is 42.5 Å². The molecule has 1 amide bonds. The third-order valence-corrected chi connectivity index (χ3v) is 2.77. The van der Waals surface area contributed by atoms with Gasteiger partial charge in [0.2, 0.25) is 0 Å². The molecule has 0 aromatic carbocycles. The van der Waals surface area contributed by atoms with Gasteiger partial charge in [-0.3, -0.25) is 9.89 Å². The van der Waals surface area contributed by atoms with Gasteiger partial charge >= 0.3 is 0 Å². The minimum absolute atomic E-state index is 0.171. The standard InChI is InChI=1S/C13H18N6O/c1-3-5-14-11-7-10(4-6-15-11)13(20)18-9(2)12-16-8-17-19-12/h4,6-9H,3,5H2,1-2H3,(H,14,15)(H,18,20)(H,16,17,19). The minimum atomic E-state index is -0.231. The van der Waals surface area contributed by atoms with Gasteiger partial charge in [0.1, 0.15) is 18.0 Å². The second kappa shape index (κ2) is 6.65. The Hall–Kier alpha value is -2.44. The molecule has 0 bridgehead atoms. The van der Waals surface area contributed by atoms with E-state index in [1.54, 1.807) is 18.3 Å². The lowest BCUT2D eigenvalue weighted by molar-refractivity contribution is 0.0938. The Kier molecular flexibility index (Phi) is 4.65. The van der Waals surface area contributed by atoms with E-state index in [1.165, 1.54) is 6.33 Å². The molecule has 1 unspecified atom stereocenters. The maximum atomic E-state index is 12.1. The van der Waals surface area contributed by atoms with Gasteiger partial charge in [-0.15, -0.1) is 0 Å². The summed E-state index contributed by atoms with van der Waals surface area (Å²) in [6, 6.07) is 3.18. The zero-order valence-corrected chi connectivity index (χ0v) is 11.6. The Bertz CT molecular complexity index is 554. The van der Waals surface area contributed by atoms with Crippen LogP contribution in [-0.2, 0) is 0 Å². The number of hydrogen-bond acceptors (Lipinski definition) is 5. The Morgan fingerprint density at radius 2 is 2.30 bits per heavy atom. The number of amides is 1. The van der Waals surface area contributed by atoms with E-state index in [4.69, 9.17) is 0 Å². The second-order valence-corrected chi connectivity index (χ2v) is 4.42. The molecule has 0 radical (unpaired) electrons. The molecule has 3 N–H and O–H groups in total. The van der Waals surface area contributed by atoms with E-state index in [2.05, 4.69) is 37.7 Å². The number of aromatic amines is 1. The average molecular weight is 274 g/mol. The van der Waals surface area contributed by atoms with E-state index in [9.17, 15) is 4.79 Å². The number of nitrogens with zero attached hydrogens (tertiary/aromatic N) is 3. The summed E-state index contributed by atoms with van der Waals surface area (Å²) >= 11 is 0. The normalized spacial score (nSPS) is 11.9. The first-order valence-corrected chi connectivity index (χ1v) is 6.56. The average Bonchev–Trinajstić information content (AvgIpc) is 2.99. The van der Waals surface area contributed by atoms with E-state index < -0.39 is 0 Å². The number of anilines is 1. The van der Waals surface area contributed by atoms with Gasteiger partial charge in [0.05, 0.1) is 6.04 Å². The lowest BCUT2D eigenvalue weighted by Gasteiger charge is -2.11. The van der Waals surface area contributed by atoms with Crippen LogP contribution in [0.2, 0.25) is 0 Å². The molecule has 0 saturated heterocycles. The monoisotopic (exact) mass is 274 g/mol. The third-order valence-electron chi connectivity index (χ3n) is 2.77. The van der Waals surface area contributed by atoms with Crippen LogP contribution in [0.4, 0.5) is 5.82 Å². The third kappa shape index (κ3) is 3.53. The number of nitrogens with one attached hydrogen (secondary N) is 3. The fourth-order valence-corrected chi connectivity index (χ4v) is 1.69. The molecule has 0 fully saturated rings. The van der Waals surface area contributed by atoms with Crippen LogP contribution < -0.4 is 10.6 Å². The maximum absolute atomic E-state index is 12.1. The molecule has 20 heavy (non-hydrogen) atoms. The number of pyridine rings is 1. The zero-order chi connectivity index (χ0) is 14.4. The second-order valence-electron chi connectivity index (χ2n) is 4.42. The van der Waals surface area contributed by atoms with E-state index in [0.29, 0.717) is 17.2 Å². The molecule has 0 spiro atoms. The van der Waals surface area contributed by atoms with Gasteiger partial charge in [-0.05, 0) is 25.5 Å². The van der Waals surface area contributed by atoms with Crippen LogP contribution >= 0.6 is 0 Å². The van der Waals surface area contributed by atoms with Gasteiger partial charge in [-0.1, -0.05) is 6.92 Å². The van der Waals surface area contributed by atoms with Gasteiger partial charge < -0.3 is 10.6 Å². The number of carbonyl (C=O) groups excluding carboxylic acids is 1. The molecule has 2 aromatic heterocycles. The first kappa shape index (κ1) is 14.0. The molecule has 0 aliphatic rings. The molecule has 0 aliphatic carbocycles. The van der Waals surface area contributed by atoms with Crippen LogP contribution in [-0.4, -0.2) is 32.6 Å². The summed E-state index contributed by atoms with van der Waals surface area (Å²) in [6.45, 7) is 4.74. The molecule has 1 atom stereocenters.